The average molecular weight is 244 g/mol. The lowest BCUT2D eigenvalue weighted by Gasteiger charge is -2.23. The quantitative estimate of drug-likeness (QED) is 0.785. The van der Waals surface area contributed by atoms with E-state index < -0.39 is 0 Å². The van der Waals surface area contributed by atoms with Crippen LogP contribution in [0.15, 0.2) is 18.2 Å². The van der Waals surface area contributed by atoms with Gasteiger partial charge >= 0.3 is 0 Å². The van der Waals surface area contributed by atoms with E-state index in [4.69, 9.17) is 5.73 Å². The van der Waals surface area contributed by atoms with E-state index in [2.05, 4.69) is 5.32 Å². The Kier molecular flexibility index (Phi) is 2.77. The number of nitrogens with two attached hydrogens (primary N) is 1. The maximum atomic E-state index is 12.2. The Labute approximate surface area is 108 Å². The summed E-state index contributed by atoms with van der Waals surface area (Å²) in [5.74, 6) is 1.59. The van der Waals surface area contributed by atoms with Gasteiger partial charge in [0.05, 0.1) is 0 Å². The summed E-state index contributed by atoms with van der Waals surface area (Å²) >= 11 is 0. The van der Waals surface area contributed by atoms with E-state index in [0.717, 1.165) is 17.9 Å². The molecule has 3 heteroatoms. The molecule has 0 aliphatic heterocycles. The number of amides is 1. The number of nitrogen functional groups attached to an aromatic ring is 1. The molecule has 2 aliphatic carbocycles. The Morgan fingerprint density at radius 1 is 1.33 bits per heavy atom. The van der Waals surface area contributed by atoms with Crippen molar-refractivity contribution in [2.45, 2.75) is 38.6 Å². The third-order valence-corrected chi connectivity index (χ3v) is 4.60. The van der Waals surface area contributed by atoms with Crippen LogP contribution in [0.4, 0.5) is 5.69 Å². The number of anilines is 1. The Balaban J connectivity index is 1.69. The van der Waals surface area contributed by atoms with Crippen LogP contribution < -0.4 is 11.1 Å². The highest BCUT2D eigenvalue weighted by Gasteiger charge is 2.40. The van der Waals surface area contributed by atoms with E-state index in [1.165, 1.54) is 19.3 Å². The van der Waals surface area contributed by atoms with Crippen molar-refractivity contribution in [3.8, 4) is 0 Å². The molecule has 3 rings (SSSR count). The van der Waals surface area contributed by atoms with Crippen LogP contribution in [-0.2, 0) is 0 Å². The Bertz CT molecular complexity index is 483. The highest BCUT2D eigenvalue weighted by Crippen LogP contribution is 2.44. The Hall–Kier alpha value is -1.51. The van der Waals surface area contributed by atoms with Gasteiger partial charge in [0, 0.05) is 17.3 Å². The van der Waals surface area contributed by atoms with Gasteiger partial charge in [-0.15, -0.1) is 0 Å². The molecule has 2 saturated carbocycles. The van der Waals surface area contributed by atoms with Gasteiger partial charge in [-0.25, -0.2) is 0 Å². The summed E-state index contributed by atoms with van der Waals surface area (Å²) in [6, 6.07) is 5.93. The van der Waals surface area contributed by atoms with Gasteiger partial charge in [0.1, 0.15) is 0 Å². The maximum Gasteiger partial charge on any atom is 0.251 e. The molecule has 3 nitrogen and oxygen atoms in total. The molecule has 0 spiro atoms. The predicted octanol–water partition coefficient (Wildman–Crippen LogP) is 2.50. The third kappa shape index (κ3) is 1.98. The Morgan fingerprint density at radius 2 is 2.17 bits per heavy atom. The van der Waals surface area contributed by atoms with Gasteiger partial charge < -0.3 is 11.1 Å². The number of hydrogen-bond donors (Lipinski definition) is 2. The van der Waals surface area contributed by atoms with Crippen LogP contribution in [0.2, 0.25) is 0 Å². The number of fused-ring (bicyclic) bond motifs is 2. The number of nitrogens with one attached hydrogen (secondary N) is 1. The first-order chi connectivity index (χ1) is 8.63. The molecule has 0 saturated heterocycles. The fourth-order valence-corrected chi connectivity index (χ4v) is 3.45. The van der Waals surface area contributed by atoms with Crippen molar-refractivity contribution in [2.75, 3.05) is 5.73 Å². The van der Waals surface area contributed by atoms with Gasteiger partial charge in [0.2, 0.25) is 0 Å². The second-order valence-electron chi connectivity index (χ2n) is 5.83. The minimum atomic E-state index is 0.0271. The zero-order valence-corrected chi connectivity index (χ0v) is 10.8. The Morgan fingerprint density at radius 3 is 2.78 bits per heavy atom. The van der Waals surface area contributed by atoms with E-state index >= 15 is 0 Å². The maximum absolute atomic E-state index is 12.2. The van der Waals surface area contributed by atoms with E-state index in [9.17, 15) is 4.79 Å². The van der Waals surface area contributed by atoms with E-state index in [-0.39, 0.29) is 5.91 Å². The van der Waals surface area contributed by atoms with Crippen LogP contribution in [-0.4, -0.2) is 11.9 Å². The minimum Gasteiger partial charge on any atom is -0.398 e. The lowest BCUT2D eigenvalue weighted by atomic mass is 9.95. The standard InChI is InChI=1S/C15H20N2O/c1-9-2-4-12(8-13(9)16)15(18)17-14-7-10-3-5-11(14)6-10/h2,4,8,10-11,14H,3,5-7,16H2,1H3,(H,17,18). The first-order valence-electron chi connectivity index (χ1n) is 6.80. The molecule has 0 radical (unpaired) electrons. The van der Waals surface area contributed by atoms with Crippen LogP contribution in [0.1, 0.15) is 41.6 Å². The molecule has 0 aromatic heterocycles. The molecule has 2 bridgehead atoms. The molecular weight excluding hydrogens is 224 g/mol. The molecule has 1 amide bonds. The monoisotopic (exact) mass is 244 g/mol. The predicted molar refractivity (Wildman–Crippen MR) is 72.3 cm³/mol. The van der Waals surface area contributed by atoms with Gasteiger partial charge in [-0.3, -0.25) is 4.79 Å². The molecule has 3 unspecified atom stereocenters. The zero-order valence-electron chi connectivity index (χ0n) is 10.8. The second kappa shape index (κ2) is 4.30. The lowest BCUT2D eigenvalue weighted by molar-refractivity contribution is 0.0923. The molecule has 2 fully saturated rings. The van der Waals surface area contributed by atoms with Crippen LogP contribution in [0, 0.1) is 18.8 Å². The van der Waals surface area contributed by atoms with Crippen molar-refractivity contribution in [1.29, 1.82) is 0 Å². The van der Waals surface area contributed by atoms with E-state index in [0.29, 0.717) is 23.2 Å². The van der Waals surface area contributed by atoms with E-state index in [1.807, 2.05) is 19.1 Å². The van der Waals surface area contributed by atoms with Crippen LogP contribution >= 0.6 is 0 Å². The normalized spacial score (nSPS) is 29.5. The fourth-order valence-electron chi connectivity index (χ4n) is 3.45. The van der Waals surface area contributed by atoms with Crippen molar-refractivity contribution in [1.82, 2.24) is 5.32 Å². The lowest BCUT2D eigenvalue weighted by Crippen LogP contribution is -2.38. The summed E-state index contributed by atoms with van der Waals surface area (Å²) in [6.45, 7) is 1.95. The summed E-state index contributed by atoms with van der Waals surface area (Å²) in [4.78, 5) is 12.2. The summed E-state index contributed by atoms with van der Waals surface area (Å²) < 4.78 is 0. The SMILES string of the molecule is Cc1ccc(C(=O)NC2CC3CCC2C3)cc1N. The average Bonchev–Trinajstić information content (AvgIpc) is 2.94. The van der Waals surface area contributed by atoms with Crippen LogP contribution in [0.3, 0.4) is 0 Å². The van der Waals surface area contributed by atoms with Gasteiger partial charge in [0.15, 0.2) is 0 Å². The summed E-state index contributed by atoms with van der Waals surface area (Å²) in [6.07, 6.45) is 5.11. The molecule has 2 aliphatic rings. The number of carbonyl (C=O) groups is 1. The van der Waals surface area contributed by atoms with Gasteiger partial charge in [-0.2, -0.15) is 0 Å². The molecular formula is C15H20N2O. The van der Waals surface area contributed by atoms with Crippen molar-refractivity contribution >= 4 is 11.6 Å². The zero-order chi connectivity index (χ0) is 12.7. The fraction of sp³-hybridized carbons (Fsp3) is 0.533. The van der Waals surface area contributed by atoms with E-state index in [1.54, 1.807) is 6.07 Å². The summed E-state index contributed by atoms with van der Waals surface area (Å²) in [5, 5.41) is 3.18. The smallest absolute Gasteiger partial charge is 0.251 e. The number of benzene rings is 1. The summed E-state index contributed by atoms with van der Waals surface area (Å²) in [7, 11) is 0. The molecule has 96 valence electrons. The number of aryl methyl sites for hydroxylation is 1. The third-order valence-electron chi connectivity index (χ3n) is 4.60. The largest absolute Gasteiger partial charge is 0.398 e. The number of carbonyl (C=O) groups excluding carboxylic acids is 1. The van der Waals surface area contributed by atoms with Crippen molar-refractivity contribution in [3.63, 3.8) is 0 Å². The molecule has 18 heavy (non-hydrogen) atoms. The van der Waals surface area contributed by atoms with Crippen LogP contribution in [0.25, 0.3) is 0 Å². The van der Waals surface area contributed by atoms with Crippen molar-refractivity contribution in [2.24, 2.45) is 11.8 Å². The summed E-state index contributed by atoms with van der Waals surface area (Å²) in [5.41, 5.74) is 8.24. The topological polar surface area (TPSA) is 55.1 Å². The van der Waals surface area contributed by atoms with Crippen molar-refractivity contribution < 1.29 is 4.79 Å². The molecule has 1 aromatic carbocycles. The molecule has 1 aromatic rings. The number of rotatable bonds is 2. The highest BCUT2D eigenvalue weighted by molar-refractivity contribution is 5.95. The first-order valence-corrected chi connectivity index (χ1v) is 6.80. The first kappa shape index (κ1) is 11.6. The van der Waals surface area contributed by atoms with Gasteiger partial charge in [0.25, 0.3) is 5.91 Å². The van der Waals surface area contributed by atoms with Gasteiger partial charge in [-0.05, 0) is 55.7 Å². The molecule has 0 heterocycles. The molecule has 3 N–H and O–H groups in total. The number of hydrogen-bond acceptors (Lipinski definition) is 2. The highest BCUT2D eigenvalue weighted by atomic mass is 16.1. The second-order valence-corrected chi connectivity index (χ2v) is 5.83. The minimum absolute atomic E-state index is 0.0271. The van der Waals surface area contributed by atoms with Crippen LogP contribution in [0.5, 0.6) is 0 Å². The molecule has 3 atom stereocenters. The van der Waals surface area contributed by atoms with Gasteiger partial charge in [-0.1, -0.05) is 12.5 Å². The van der Waals surface area contributed by atoms with Crippen molar-refractivity contribution in [3.05, 3.63) is 29.3 Å².